The summed E-state index contributed by atoms with van der Waals surface area (Å²) in [6.07, 6.45) is 4.86. The molecular weight excluding hydrogens is 218 g/mol. The molecule has 1 aromatic rings. The molecule has 1 aromatic heterocycles. The fourth-order valence-corrected chi connectivity index (χ4v) is 2.02. The molecule has 1 aliphatic rings. The number of carboxylic acid groups (broad SMARTS) is 1. The van der Waals surface area contributed by atoms with Gasteiger partial charge in [-0.2, -0.15) is 0 Å². The van der Waals surface area contributed by atoms with Crippen LogP contribution in [0.4, 0.5) is 5.82 Å². The highest BCUT2D eigenvalue weighted by Crippen LogP contribution is 2.41. The third-order valence-corrected chi connectivity index (χ3v) is 3.46. The third-order valence-electron chi connectivity index (χ3n) is 3.46. The number of aliphatic carboxylic acids is 1. The Morgan fingerprint density at radius 3 is 2.82 bits per heavy atom. The molecule has 1 saturated carbocycles. The minimum atomic E-state index is -0.707. The maximum atomic E-state index is 11.2. The average molecular weight is 235 g/mol. The van der Waals surface area contributed by atoms with Crippen LogP contribution in [0, 0.1) is 5.41 Å². The van der Waals surface area contributed by atoms with Crippen LogP contribution in [0.15, 0.2) is 12.4 Å². The Balaban J connectivity index is 1.99. The number of rotatable bonds is 5. The van der Waals surface area contributed by atoms with Crippen molar-refractivity contribution < 1.29 is 9.90 Å². The van der Waals surface area contributed by atoms with Crippen LogP contribution in [-0.4, -0.2) is 27.6 Å². The lowest BCUT2D eigenvalue weighted by atomic mass is 9.69. The van der Waals surface area contributed by atoms with Gasteiger partial charge >= 0.3 is 5.97 Å². The number of nitrogens with zero attached hydrogens (tertiary/aromatic N) is 2. The highest BCUT2D eigenvalue weighted by atomic mass is 16.4. The second-order valence-electron chi connectivity index (χ2n) is 4.54. The van der Waals surface area contributed by atoms with Crippen LogP contribution in [0.2, 0.25) is 0 Å². The van der Waals surface area contributed by atoms with Gasteiger partial charge in [0.05, 0.1) is 5.41 Å². The smallest absolute Gasteiger partial charge is 0.311 e. The van der Waals surface area contributed by atoms with E-state index in [2.05, 4.69) is 15.3 Å². The van der Waals surface area contributed by atoms with Gasteiger partial charge in [0.15, 0.2) is 0 Å². The molecule has 17 heavy (non-hydrogen) atoms. The number of anilines is 1. The molecule has 0 bridgehead atoms. The van der Waals surface area contributed by atoms with E-state index in [1.807, 2.05) is 13.0 Å². The van der Waals surface area contributed by atoms with E-state index in [0.29, 0.717) is 12.4 Å². The number of nitrogens with one attached hydrogen (secondary N) is 1. The fraction of sp³-hybridized carbons (Fsp3) is 0.583. The van der Waals surface area contributed by atoms with Gasteiger partial charge in [0, 0.05) is 18.3 Å². The molecule has 0 radical (unpaired) electrons. The van der Waals surface area contributed by atoms with Crippen LogP contribution >= 0.6 is 0 Å². The minimum absolute atomic E-state index is 0.447. The summed E-state index contributed by atoms with van der Waals surface area (Å²) in [6.45, 7) is 2.47. The van der Waals surface area contributed by atoms with Gasteiger partial charge in [-0.1, -0.05) is 13.3 Å². The molecule has 1 fully saturated rings. The van der Waals surface area contributed by atoms with Crippen LogP contribution in [0.5, 0.6) is 0 Å². The Hall–Kier alpha value is -1.65. The number of aryl methyl sites for hydroxylation is 1. The first-order chi connectivity index (χ1) is 8.16. The van der Waals surface area contributed by atoms with E-state index in [1.54, 1.807) is 0 Å². The summed E-state index contributed by atoms with van der Waals surface area (Å²) in [5, 5.41) is 12.3. The number of aromatic nitrogens is 2. The molecule has 1 heterocycles. The zero-order chi connectivity index (χ0) is 12.3. The molecule has 0 unspecified atom stereocenters. The zero-order valence-electron chi connectivity index (χ0n) is 9.94. The second kappa shape index (κ2) is 4.69. The first-order valence-electron chi connectivity index (χ1n) is 5.94. The molecule has 2 rings (SSSR count). The SMILES string of the molecule is CCc1cc(NCC2(C(=O)O)CCC2)ncn1. The van der Waals surface area contributed by atoms with E-state index in [4.69, 9.17) is 0 Å². The maximum Gasteiger partial charge on any atom is 0.311 e. The molecule has 2 N–H and O–H groups in total. The Morgan fingerprint density at radius 2 is 2.29 bits per heavy atom. The highest BCUT2D eigenvalue weighted by molar-refractivity contribution is 5.76. The van der Waals surface area contributed by atoms with Crippen molar-refractivity contribution in [1.82, 2.24) is 9.97 Å². The fourth-order valence-electron chi connectivity index (χ4n) is 2.02. The lowest BCUT2D eigenvalue weighted by Gasteiger charge is -2.37. The van der Waals surface area contributed by atoms with Crippen LogP contribution in [-0.2, 0) is 11.2 Å². The van der Waals surface area contributed by atoms with Crippen LogP contribution in [0.3, 0.4) is 0 Å². The highest BCUT2D eigenvalue weighted by Gasteiger charge is 2.44. The van der Waals surface area contributed by atoms with Gasteiger partial charge in [0.2, 0.25) is 0 Å². The van der Waals surface area contributed by atoms with E-state index < -0.39 is 11.4 Å². The Morgan fingerprint density at radius 1 is 1.53 bits per heavy atom. The Labute approximate surface area is 100 Å². The molecule has 1 aliphatic carbocycles. The summed E-state index contributed by atoms with van der Waals surface area (Å²) in [5.41, 5.74) is 0.373. The van der Waals surface area contributed by atoms with Gasteiger partial charge in [-0.05, 0) is 19.3 Å². The molecular formula is C12H17N3O2. The van der Waals surface area contributed by atoms with E-state index in [9.17, 15) is 9.90 Å². The van der Waals surface area contributed by atoms with Crippen molar-refractivity contribution in [3.05, 3.63) is 18.1 Å². The van der Waals surface area contributed by atoms with E-state index >= 15 is 0 Å². The number of hydrogen-bond donors (Lipinski definition) is 2. The van der Waals surface area contributed by atoms with Crippen LogP contribution in [0.1, 0.15) is 31.9 Å². The van der Waals surface area contributed by atoms with Crippen LogP contribution < -0.4 is 5.32 Å². The van der Waals surface area contributed by atoms with Gasteiger partial charge in [0.25, 0.3) is 0 Å². The molecule has 92 valence electrons. The summed E-state index contributed by atoms with van der Waals surface area (Å²) in [6, 6.07) is 1.87. The predicted molar refractivity (Wildman–Crippen MR) is 63.8 cm³/mol. The van der Waals surface area contributed by atoms with Crippen molar-refractivity contribution in [2.24, 2.45) is 5.41 Å². The monoisotopic (exact) mass is 235 g/mol. The second-order valence-corrected chi connectivity index (χ2v) is 4.54. The summed E-state index contributed by atoms with van der Waals surface area (Å²) >= 11 is 0. The van der Waals surface area contributed by atoms with Crippen molar-refractivity contribution in [2.45, 2.75) is 32.6 Å². The number of hydrogen-bond acceptors (Lipinski definition) is 4. The van der Waals surface area contributed by atoms with Crippen molar-refractivity contribution >= 4 is 11.8 Å². The Kier molecular flexibility index (Phi) is 3.26. The lowest BCUT2D eigenvalue weighted by molar-refractivity contribution is -0.153. The third kappa shape index (κ3) is 2.38. The quantitative estimate of drug-likeness (QED) is 0.812. The summed E-state index contributed by atoms with van der Waals surface area (Å²) in [4.78, 5) is 19.4. The molecule has 5 heteroatoms. The average Bonchev–Trinajstić information content (AvgIpc) is 2.27. The zero-order valence-corrected chi connectivity index (χ0v) is 9.94. The van der Waals surface area contributed by atoms with Crippen molar-refractivity contribution in [3.8, 4) is 0 Å². The van der Waals surface area contributed by atoms with Gasteiger partial charge < -0.3 is 10.4 Å². The van der Waals surface area contributed by atoms with Gasteiger partial charge in [-0.25, -0.2) is 9.97 Å². The van der Waals surface area contributed by atoms with Gasteiger partial charge in [-0.3, -0.25) is 4.79 Å². The molecule has 0 spiro atoms. The predicted octanol–water partition coefficient (Wildman–Crippen LogP) is 1.71. The topological polar surface area (TPSA) is 75.1 Å². The summed E-state index contributed by atoms with van der Waals surface area (Å²) in [7, 11) is 0. The first kappa shape index (κ1) is 11.8. The summed E-state index contributed by atoms with van der Waals surface area (Å²) < 4.78 is 0. The van der Waals surface area contributed by atoms with Crippen LogP contribution in [0.25, 0.3) is 0 Å². The standard InChI is InChI=1S/C12H17N3O2/c1-2-9-6-10(15-8-14-9)13-7-12(11(16)17)4-3-5-12/h6,8H,2-5,7H2,1H3,(H,16,17)(H,13,14,15). The van der Waals surface area contributed by atoms with Crippen molar-refractivity contribution in [1.29, 1.82) is 0 Å². The maximum absolute atomic E-state index is 11.2. The molecule has 0 saturated heterocycles. The van der Waals surface area contributed by atoms with E-state index in [-0.39, 0.29) is 0 Å². The Bertz CT molecular complexity index is 416. The van der Waals surface area contributed by atoms with Gasteiger partial charge in [-0.15, -0.1) is 0 Å². The van der Waals surface area contributed by atoms with Gasteiger partial charge in [0.1, 0.15) is 12.1 Å². The van der Waals surface area contributed by atoms with E-state index in [0.717, 1.165) is 31.4 Å². The molecule has 5 nitrogen and oxygen atoms in total. The largest absolute Gasteiger partial charge is 0.481 e. The first-order valence-corrected chi connectivity index (χ1v) is 5.94. The van der Waals surface area contributed by atoms with Crippen molar-refractivity contribution in [2.75, 3.05) is 11.9 Å². The molecule has 0 amide bonds. The van der Waals surface area contributed by atoms with Crippen molar-refractivity contribution in [3.63, 3.8) is 0 Å². The number of carboxylic acids is 1. The number of carbonyl (C=O) groups is 1. The lowest BCUT2D eigenvalue weighted by Crippen LogP contribution is -2.43. The molecule has 0 atom stereocenters. The molecule has 0 aromatic carbocycles. The molecule has 0 aliphatic heterocycles. The minimum Gasteiger partial charge on any atom is -0.481 e. The van der Waals surface area contributed by atoms with E-state index in [1.165, 1.54) is 6.33 Å². The normalized spacial score (nSPS) is 17.2. The summed E-state index contributed by atoms with van der Waals surface area (Å²) in [5.74, 6) is 0.00500.